The number of benzene rings is 1. The van der Waals surface area contributed by atoms with Crippen LogP contribution in [0, 0.1) is 6.92 Å². The van der Waals surface area contributed by atoms with Crippen LogP contribution in [0.4, 0.5) is 5.95 Å². The third-order valence-electron chi connectivity index (χ3n) is 2.56. The first kappa shape index (κ1) is 11.6. The standard InChI is InChI=1S/C14H17N3/c1-11-8-9-15-14(16-11)17-12(2)10-13-6-4-3-5-7-13/h3-9,12H,10H2,1-2H3,(H,15,16,17). The van der Waals surface area contributed by atoms with Crippen molar-refractivity contribution in [3.8, 4) is 0 Å². The number of anilines is 1. The second-order valence-corrected chi connectivity index (χ2v) is 4.26. The van der Waals surface area contributed by atoms with Crippen LogP contribution in [0.1, 0.15) is 18.2 Å². The third-order valence-corrected chi connectivity index (χ3v) is 2.56. The fourth-order valence-electron chi connectivity index (χ4n) is 1.76. The van der Waals surface area contributed by atoms with Crippen LogP contribution >= 0.6 is 0 Å². The first-order valence-corrected chi connectivity index (χ1v) is 5.84. The van der Waals surface area contributed by atoms with Crippen LogP contribution < -0.4 is 5.32 Å². The maximum atomic E-state index is 4.33. The summed E-state index contributed by atoms with van der Waals surface area (Å²) >= 11 is 0. The van der Waals surface area contributed by atoms with Crippen molar-refractivity contribution in [2.75, 3.05) is 5.32 Å². The third kappa shape index (κ3) is 3.55. The van der Waals surface area contributed by atoms with Gasteiger partial charge in [0.1, 0.15) is 0 Å². The molecule has 2 rings (SSSR count). The van der Waals surface area contributed by atoms with Crippen molar-refractivity contribution in [3.05, 3.63) is 53.9 Å². The number of nitrogens with zero attached hydrogens (tertiary/aromatic N) is 2. The number of nitrogens with one attached hydrogen (secondary N) is 1. The van der Waals surface area contributed by atoms with Crippen molar-refractivity contribution in [2.45, 2.75) is 26.3 Å². The molecule has 1 heterocycles. The molecule has 1 N–H and O–H groups in total. The molecule has 17 heavy (non-hydrogen) atoms. The van der Waals surface area contributed by atoms with Crippen molar-refractivity contribution < 1.29 is 0 Å². The van der Waals surface area contributed by atoms with E-state index in [1.54, 1.807) is 6.20 Å². The molecule has 0 aliphatic carbocycles. The average Bonchev–Trinajstić information content (AvgIpc) is 2.30. The molecule has 0 saturated heterocycles. The van der Waals surface area contributed by atoms with E-state index in [0.29, 0.717) is 12.0 Å². The van der Waals surface area contributed by atoms with E-state index in [2.05, 4.69) is 46.5 Å². The van der Waals surface area contributed by atoms with Crippen molar-refractivity contribution in [3.63, 3.8) is 0 Å². The van der Waals surface area contributed by atoms with Crippen LogP contribution in [0.15, 0.2) is 42.6 Å². The number of hydrogen-bond donors (Lipinski definition) is 1. The van der Waals surface area contributed by atoms with Crippen LogP contribution in [0.25, 0.3) is 0 Å². The van der Waals surface area contributed by atoms with Gasteiger partial charge < -0.3 is 5.32 Å². The van der Waals surface area contributed by atoms with Gasteiger partial charge in [-0.2, -0.15) is 0 Å². The lowest BCUT2D eigenvalue weighted by Gasteiger charge is -2.13. The SMILES string of the molecule is Cc1ccnc(NC(C)Cc2ccccc2)n1. The van der Waals surface area contributed by atoms with Crippen molar-refractivity contribution in [1.82, 2.24) is 9.97 Å². The smallest absolute Gasteiger partial charge is 0.223 e. The van der Waals surface area contributed by atoms with Crippen LogP contribution in [0.5, 0.6) is 0 Å². The summed E-state index contributed by atoms with van der Waals surface area (Å²) in [5, 5.41) is 3.31. The normalized spacial score (nSPS) is 12.1. The first-order chi connectivity index (χ1) is 8.24. The minimum Gasteiger partial charge on any atom is -0.351 e. The molecule has 0 spiro atoms. The van der Waals surface area contributed by atoms with E-state index in [1.807, 2.05) is 19.1 Å². The second-order valence-electron chi connectivity index (χ2n) is 4.26. The van der Waals surface area contributed by atoms with Gasteiger partial charge in [0, 0.05) is 17.9 Å². The Labute approximate surface area is 102 Å². The monoisotopic (exact) mass is 227 g/mol. The van der Waals surface area contributed by atoms with Gasteiger partial charge >= 0.3 is 0 Å². The molecule has 0 radical (unpaired) electrons. The fraction of sp³-hybridized carbons (Fsp3) is 0.286. The first-order valence-electron chi connectivity index (χ1n) is 5.84. The zero-order chi connectivity index (χ0) is 12.1. The van der Waals surface area contributed by atoms with E-state index in [1.165, 1.54) is 5.56 Å². The molecular weight excluding hydrogens is 210 g/mol. The minimum absolute atomic E-state index is 0.319. The molecule has 0 amide bonds. The van der Waals surface area contributed by atoms with Crippen LogP contribution in [0.2, 0.25) is 0 Å². The van der Waals surface area contributed by atoms with Crippen LogP contribution in [0.3, 0.4) is 0 Å². The Kier molecular flexibility index (Phi) is 3.70. The summed E-state index contributed by atoms with van der Waals surface area (Å²) in [6.07, 6.45) is 2.75. The molecule has 2 aromatic rings. The molecule has 1 atom stereocenters. The van der Waals surface area contributed by atoms with E-state index in [0.717, 1.165) is 12.1 Å². The minimum atomic E-state index is 0.319. The van der Waals surface area contributed by atoms with Crippen molar-refractivity contribution >= 4 is 5.95 Å². The zero-order valence-corrected chi connectivity index (χ0v) is 10.2. The Balaban J connectivity index is 1.96. The lowest BCUT2D eigenvalue weighted by atomic mass is 10.1. The summed E-state index contributed by atoms with van der Waals surface area (Å²) in [5.41, 5.74) is 2.30. The van der Waals surface area contributed by atoms with Gasteiger partial charge in [0.25, 0.3) is 0 Å². The molecule has 88 valence electrons. The summed E-state index contributed by atoms with van der Waals surface area (Å²) in [6.45, 7) is 4.10. The fourth-order valence-corrected chi connectivity index (χ4v) is 1.76. The topological polar surface area (TPSA) is 37.8 Å². The molecule has 0 aliphatic rings. The summed E-state index contributed by atoms with van der Waals surface area (Å²) in [7, 11) is 0. The van der Waals surface area contributed by atoms with E-state index in [4.69, 9.17) is 0 Å². The Morgan fingerprint density at radius 1 is 1.18 bits per heavy atom. The summed E-state index contributed by atoms with van der Waals surface area (Å²) < 4.78 is 0. The van der Waals surface area contributed by atoms with Crippen LogP contribution in [-0.4, -0.2) is 16.0 Å². The Hall–Kier alpha value is -1.90. The molecule has 0 fully saturated rings. The predicted molar refractivity (Wildman–Crippen MR) is 70.0 cm³/mol. The lowest BCUT2D eigenvalue weighted by Crippen LogP contribution is -2.19. The highest BCUT2D eigenvalue weighted by Gasteiger charge is 2.04. The quantitative estimate of drug-likeness (QED) is 0.872. The Bertz CT molecular complexity index is 468. The van der Waals surface area contributed by atoms with Gasteiger partial charge in [-0.1, -0.05) is 30.3 Å². The highest BCUT2D eigenvalue weighted by atomic mass is 15.1. The maximum Gasteiger partial charge on any atom is 0.223 e. The van der Waals surface area contributed by atoms with Gasteiger partial charge in [-0.25, -0.2) is 9.97 Å². The van der Waals surface area contributed by atoms with E-state index < -0.39 is 0 Å². The molecule has 3 heteroatoms. The largest absolute Gasteiger partial charge is 0.351 e. The van der Waals surface area contributed by atoms with Gasteiger partial charge in [0.2, 0.25) is 5.95 Å². The molecule has 0 saturated carbocycles. The summed E-state index contributed by atoms with van der Waals surface area (Å²) in [4.78, 5) is 8.53. The molecule has 1 aromatic heterocycles. The van der Waals surface area contributed by atoms with Gasteiger partial charge in [-0.05, 0) is 31.9 Å². The van der Waals surface area contributed by atoms with Crippen molar-refractivity contribution in [2.24, 2.45) is 0 Å². The summed E-state index contributed by atoms with van der Waals surface area (Å²) in [5.74, 6) is 0.702. The molecular formula is C14H17N3. The number of hydrogen-bond acceptors (Lipinski definition) is 3. The van der Waals surface area contributed by atoms with Gasteiger partial charge in [-0.15, -0.1) is 0 Å². The van der Waals surface area contributed by atoms with E-state index in [9.17, 15) is 0 Å². The zero-order valence-electron chi connectivity index (χ0n) is 10.2. The number of rotatable bonds is 4. The number of aryl methyl sites for hydroxylation is 1. The average molecular weight is 227 g/mol. The maximum absolute atomic E-state index is 4.33. The van der Waals surface area contributed by atoms with Gasteiger partial charge in [0.05, 0.1) is 0 Å². The molecule has 1 unspecified atom stereocenters. The predicted octanol–water partition coefficient (Wildman–Crippen LogP) is 2.83. The highest BCUT2D eigenvalue weighted by Crippen LogP contribution is 2.07. The van der Waals surface area contributed by atoms with Gasteiger partial charge in [-0.3, -0.25) is 0 Å². The van der Waals surface area contributed by atoms with Crippen molar-refractivity contribution in [1.29, 1.82) is 0 Å². The highest BCUT2D eigenvalue weighted by molar-refractivity contribution is 5.27. The van der Waals surface area contributed by atoms with Crippen LogP contribution in [-0.2, 0) is 6.42 Å². The Morgan fingerprint density at radius 2 is 1.94 bits per heavy atom. The lowest BCUT2D eigenvalue weighted by molar-refractivity contribution is 0.776. The second kappa shape index (κ2) is 5.43. The van der Waals surface area contributed by atoms with E-state index >= 15 is 0 Å². The summed E-state index contributed by atoms with van der Waals surface area (Å²) in [6, 6.07) is 12.6. The molecule has 3 nitrogen and oxygen atoms in total. The number of aromatic nitrogens is 2. The van der Waals surface area contributed by atoms with E-state index in [-0.39, 0.29) is 0 Å². The Morgan fingerprint density at radius 3 is 2.65 bits per heavy atom. The molecule has 0 aliphatic heterocycles. The molecule has 1 aromatic carbocycles. The molecule has 0 bridgehead atoms. The van der Waals surface area contributed by atoms with Gasteiger partial charge in [0.15, 0.2) is 0 Å².